The average Bonchev–Trinajstić information content (AvgIpc) is 4.34. The van der Waals surface area contributed by atoms with Gasteiger partial charge in [0.15, 0.2) is 11.9 Å². The number of benzene rings is 2. The van der Waals surface area contributed by atoms with Gasteiger partial charge in [-0.15, -0.1) is 0 Å². The van der Waals surface area contributed by atoms with Gasteiger partial charge in [-0.1, -0.05) is 88.4 Å². The third-order valence-electron chi connectivity index (χ3n) is 14.6. The lowest BCUT2D eigenvalue weighted by atomic mass is 10.0. The van der Waals surface area contributed by atoms with Crippen LogP contribution in [-0.2, 0) is 60.8 Å². The van der Waals surface area contributed by atoms with Crippen molar-refractivity contribution in [1.29, 1.82) is 0 Å². The lowest BCUT2D eigenvalue weighted by Crippen LogP contribution is -2.61. The van der Waals surface area contributed by atoms with Gasteiger partial charge in [0.25, 0.3) is 0 Å². The van der Waals surface area contributed by atoms with Crippen molar-refractivity contribution in [1.82, 2.24) is 52.3 Å². The van der Waals surface area contributed by atoms with Gasteiger partial charge in [0.05, 0.1) is 0 Å². The third-order valence-corrected chi connectivity index (χ3v) is 14.6. The highest BCUT2D eigenvalue weighted by molar-refractivity contribution is 6.00. The molecule has 26 heteroatoms. The second-order valence-corrected chi connectivity index (χ2v) is 21.8. The van der Waals surface area contributed by atoms with E-state index in [1.54, 1.807) is 88.4 Å². The highest BCUT2D eigenvalue weighted by Crippen LogP contribution is 2.23. The summed E-state index contributed by atoms with van der Waals surface area (Å²) < 4.78 is 0. The highest BCUT2D eigenvalue weighted by Gasteiger charge is 2.43. The summed E-state index contributed by atoms with van der Waals surface area (Å²) in [5.41, 5.74) is 23.6. The van der Waals surface area contributed by atoms with E-state index in [-0.39, 0.29) is 89.5 Å². The summed E-state index contributed by atoms with van der Waals surface area (Å²) in [4.78, 5) is 154. The molecular weight excluding hydrogens is 1060 g/mol. The molecule has 448 valence electrons. The Morgan fingerprint density at radius 2 is 0.805 bits per heavy atom. The normalized spacial score (nSPS) is 26.2. The van der Waals surface area contributed by atoms with Crippen LogP contribution in [0.5, 0.6) is 0 Å². The number of aliphatic imine (C=N–C) groups is 2. The summed E-state index contributed by atoms with van der Waals surface area (Å²) in [6.07, 6.45) is 1.59. The molecule has 2 aromatic carbocycles. The number of carbonyl (C=O) groups excluding carboxylic acids is 10. The Labute approximate surface area is 478 Å². The van der Waals surface area contributed by atoms with Crippen molar-refractivity contribution in [2.75, 3.05) is 26.2 Å². The van der Waals surface area contributed by atoms with Crippen molar-refractivity contribution in [2.45, 2.75) is 166 Å². The number of hydrogen-bond donors (Lipinski definition) is 12. The number of fused-ring (bicyclic) bond motifs is 2. The first-order valence-corrected chi connectivity index (χ1v) is 28.2. The molecule has 3 aliphatic rings. The van der Waals surface area contributed by atoms with Gasteiger partial charge in [-0.25, -0.2) is 0 Å². The molecule has 3 saturated heterocycles. The fourth-order valence-electron chi connectivity index (χ4n) is 10.1. The lowest BCUT2D eigenvalue weighted by Gasteiger charge is -2.32. The van der Waals surface area contributed by atoms with Crippen LogP contribution in [0.2, 0.25) is 0 Å². The fraction of sp³-hybridized carbons (Fsp3) is 0.571. The van der Waals surface area contributed by atoms with Gasteiger partial charge in [-0.05, 0) is 88.2 Å². The van der Waals surface area contributed by atoms with Crippen LogP contribution in [0.15, 0.2) is 70.6 Å². The Kier molecular flexibility index (Phi) is 24.4. The van der Waals surface area contributed by atoms with Crippen molar-refractivity contribution < 1.29 is 47.9 Å². The molecule has 16 N–H and O–H groups in total. The van der Waals surface area contributed by atoms with E-state index in [1.807, 2.05) is 0 Å². The molecule has 0 aliphatic carbocycles. The van der Waals surface area contributed by atoms with E-state index in [9.17, 15) is 47.9 Å². The van der Waals surface area contributed by atoms with E-state index in [0.717, 1.165) is 0 Å². The zero-order valence-electron chi connectivity index (χ0n) is 47.8. The summed E-state index contributed by atoms with van der Waals surface area (Å²) in [6.45, 7) is 10.00. The lowest BCUT2D eigenvalue weighted by molar-refractivity contribution is -0.143. The molecule has 0 unspecified atom stereocenters. The van der Waals surface area contributed by atoms with Crippen LogP contribution in [0, 0.1) is 11.8 Å². The zero-order valence-corrected chi connectivity index (χ0v) is 47.8. The van der Waals surface area contributed by atoms with Gasteiger partial charge in [-0.3, -0.25) is 57.9 Å². The molecule has 10 amide bonds. The minimum absolute atomic E-state index is 0.00626. The van der Waals surface area contributed by atoms with Crippen molar-refractivity contribution >= 4 is 71.0 Å². The number of nitrogens with zero attached hydrogens (tertiary/aromatic N) is 4. The molecule has 26 nitrogen and oxygen atoms in total. The van der Waals surface area contributed by atoms with Gasteiger partial charge in [0, 0.05) is 39.0 Å². The smallest absolute Gasteiger partial charge is 0.246 e. The Balaban J connectivity index is 1.54. The third kappa shape index (κ3) is 18.9. The van der Waals surface area contributed by atoms with Crippen LogP contribution in [0.3, 0.4) is 0 Å². The summed E-state index contributed by atoms with van der Waals surface area (Å²) in [5, 5.41) is 22.0. The largest absolute Gasteiger partial charge is 0.370 e. The second kappa shape index (κ2) is 31.0. The first kappa shape index (κ1) is 64.5. The van der Waals surface area contributed by atoms with Gasteiger partial charge in [0.1, 0.15) is 60.4 Å². The summed E-state index contributed by atoms with van der Waals surface area (Å²) >= 11 is 0. The molecule has 3 heterocycles. The van der Waals surface area contributed by atoms with Crippen LogP contribution >= 0.6 is 0 Å². The number of amides is 10. The predicted octanol–water partition coefficient (Wildman–Crippen LogP) is -2.20. The Morgan fingerprint density at radius 3 is 1.13 bits per heavy atom. The maximum atomic E-state index is 14.7. The molecule has 0 spiro atoms. The first-order chi connectivity index (χ1) is 38.9. The molecule has 2 aromatic rings. The number of hydrogen-bond acceptors (Lipinski definition) is 12. The molecule has 82 heavy (non-hydrogen) atoms. The number of carbonyl (C=O) groups is 10. The number of nitrogens with two attached hydrogens (primary N) is 4. The zero-order chi connectivity index (χ0) is 60.2. The molecule has 5 rings (SSSR count). The van der Waals surface area contributed by atoms with Gasteiger partial charge in [-0.2, -0.15) is 0 Å². The van der Waals surface area contributed by atoms with Gasteiger partial charge < -0.3 is 75.3 Å². The summed E-state index contributed by atoms with van der Waals surface area (Å²) in [5.74, 6) is -8.54. The molecule has 0 aromatic heterocycles. The van der Waals surface area contributed by atoms with Crippen LogP contribution < -0.4 is 65.5 Å². The fourth-order valence-corrected chi connectivity index (χ4v) is 10.1. The molecule has 3 aliphatic heterocycles. The number of nitrogens with one attached hydrogen (secondary N) is 8. The SMILES string of the molecule is CC(C)[C@@H]1NC(=O)[C@@H]2CCCN2C(=O)[C@@H](Cc2ccccc2)NC(=O)[C@H](C)NC(=O)[C@H](CCCN=C(N)N)NC(=O)[C@H](C(C)C)NC(=O)[C@@H]2CCCN2C(=O)[C@@H](Cc2ccccc2)NC(=O)[C@H](C)NC(=O)[C@H](CCCN=C(N)N)NC1=O. The predicted molar refractivity (Wildman–Crippen MR) is 306 cm³/mol. The molecule has 0 saturated carbocycles. The Hall–Kier alpha value is -8.32. The van der Waals surface area contributed by atoms with E-state index in [2.05, 4.69) is 52.5 Å². The maximum Gasteiger partial charge on any atom is 0.246 e. The average molecular weight is 1140 g/mol. The monoisotopic (exact) mass is 1140 g/mol. The van der Waals surface area contributed by atoms with E-state index < -0.39 is 131 Å². The van der Waals surface area contributed by atoms with E-state index in [4.69, 9.17) is 22.9 Å². The molecular formula is C56H84N16O10. The van der Waals surface area contributed by atoms with Crippen molar-refractivity contribution in [3.63, 3.8) is 0 Å². The Bertz CT molecular complexity index is 2450. The first-order valence-electron chi connectivity index (χ1n) is 28.2. The van der Waals surface area contributed by atoms with Gasteiger partial charge >= 0.3 is 0 Å². The highest BCUT2D eigenvalue weighted by atomic mass is 16.2. The molecule has 10 atom stereocenters. The van der Waals surface area contributed by atoms with Crippen molar-refractivity contribution in [3.05, 3.63) is 71.8 Å². The number of guanidine groups is 2. The minimum Gasteiger partial charge on any atom is -0.370 e. The standard InChI is InChI=1S/C56H84N16O10/c1-31(2)43-51(79)65-37(21-13-25-61-55(57)58)47(75)63-33(5)45(73)68-40(30-36-19-11-8-12-20-36)54(82)72-28-16-24-42(72)50(78)70-44(32(3)4)52(80)66-38(22-14-26-62-56(59)60)48(76)64-34(6)46(74)67-39(29-35-17-9-7-10-18-35)53(81)71-27-15-23-41(71)49(77)69-43/h7-12,17-20,31-34,37-44H,13-16,21-30H2,1-6H3,(H,63,75)(H,64,76)(H,65,79)(H,66,80)(H,67,74)(H,68,73)(H,69,77)(H,70,78)(H4,57,58,61)(H4,59,60,62)/t33-,34-,37-,38-,39+,40+,41-,42-,43-,44-/m0/s1. The van der Waals surface area contributed by atoms with Crippen molar-refractivity contribution in [3.8, 4) is 0 Å². The van der Waals surface area contributed by atoms with Crippen LogP contribution in [0.25, 0.3) is 0 Å². The maximum absolute atomic E-state index is 14.7. The Morgan fingerprint density at radius 1 is 0.463 bits per heavy atom. The number of rotatable bonds is 14. The summed E-state index contributed by atoms with van der Waals surface area (Å²) in [6, 6.07) is 5.42. The second-order valence-electron chi connectivity index (χ2n) is 21.8. The minimum atomic E-state index is -1.29. The van der Waals surface area contributed by atoms with Crippen molar-refractivity contribution in [2.24, 2.45) is 44.8 Å². The summed E-state index contributed by atoms with van der Waals surface area (Å²) in [7, 11) is 0. The van der Waals surface area contributed by atoms with Crippen LogP contribution in [-0.4, -0.2) is 167 Å². The van der Waals surface area contributed by atoms with Gasteiger partial charge in [0.2, 0.25) is 59.1 Å². The van der Waals surface area contributed by atoms with E-state index in [0.29, 0.717) is 24.0 Å². The molecule has 0 radical (unpaired) electrons. The van der Waals surface area contributed by atoms with Crippen LogP contribution in [0.1, 0.15) is 104 Å². The molecule has 3 fully saturated rings. The topological polar surface area (TPSA) is 402 Å². The van der Waals surface area contributed by atoms with E-state index >= 15 is 0 Å². The van der Waals surface area contributed by atoms with Crippen LogP contribution in [0.4, 0.5) is 0 Å². The quantitative estimate of drug-likeness (QED) is 0.0543. The molecule has 0 bridgehead atoms. The van der Waals surface area contributed by atoms with E-state index in [1.165, 1.54) is 23.6 Å².